The number of aromatic nitrogens is 1. The zero-order valence-electron chi connectivity index (χ0n) is 15.2. The van der Waals surface area contributed by atoms with Gasteiger partial charge in [0.15, 0.2) is 0 Å². The first kappa shape index (κ1) is 21.1. The van der Waals surface area contributed by atoms with Crippen molar-refractivity contribution in [1.29, 1.82) is 0 Å². The molecule has 0 N–H and O–H groups in total. The van der Waals surface area contributed by atoms with Gasteiger partial charge in [0.05, 0.1) is 14.4 Å². The van der Waals surface area contributed by atoms with Gasteiger partial charge in [-0.05, 0) is 68.5 Å². The molecule has 0 spiro atoms. The van der Waals surface area contributed by atoms with Crippen LogP contribution in [0.2, 0.25) is 0 Å². The second-order valence-corrected chi connectivity index (χ2v) is 10.0. The summed E-state index contributed by atoms with van der Waals surface area (Å²) >= 11 is 8.90. The van der Waals surface area contributed by atoms with Crippen LogP contribution in [0.4, 0.5) is 0 Å². The van der Waals surface area contributed by atoms with Crippen molar-refractivity contribution in [1.82, 2.24) is 4.98 Å². The highest BCUT2D eigenvalue weighted by Crippen LogP contribution is 2.36. The molecule has 138 valence electrons. The zero-order valence-corrected chi connectivity index (χ0v) is 19.2. The number of hydrogen-bond acceptors (Lipinski definition) is 2. The van der Waals surface area contributed by atoms with Gasteiger partial charge in [-0.3, -0.25) is 4.98 Å². The molecule has 0 amide bonds. The van der Waals surface area contributed by atoms with E-state index in [1.54, 1.807) is 11.3 Å². The highest BCUT2D eigenvalue weighted by atomic mass is 79.9. The molecule has 0 saturated carbocycles. The Bertz CT molecular complexity index is 607. The van der Waals surface area contributed by atoms with Crippen LogP contribution in [-0.2, 0) is 6.42 Å². The van der Waals surface area contributed by atoms with E-state index in [-0.39, 0.29) is 0 Å². The van der Waals surface area contributed by atoms with Gasteiger partial charge in [0.25, 0.3) is 0 Å². The second-order valence-electron chi connectivity index (χ2n) is 6.70. The molecule has 1 nitrogen and oxygen atoms in total. The van der Waals surface area contributed by atoms with Gasteiger partial charge in [0, 0.05) is 10.7 Å². The smallest absolute Gasteiger partial charge is 0.0805 e. The minimum atomic E-state index is 1.03. The molecule has 0 bridgehead atoms. The normalized spacial score (nSPS) is 11.2. The lowest BCUT2D eigenvalue weighted by atomic mass is 10.0. The predicted octanol–water partition coefficient (Wildman–Crippen LogP) is 8.80. The summed E-state index contributed by atoms with van der Waals surface area (Å²) in [6, 6.07) is 6.45. The maximum atomic E-state index is 4.56. The first-order valence-electron chi connectivity index (χ1n) is 9.61. The van der Waals surface area contributed by atoms with Gasteiger partial charge in [-0.15, -0.1) is 11.3 Å². The summed E-state index contributed by atoms with van der Waals surface area (Å²) in [4.78, 5) is 5.88. The summed E-state index contributed by atoms with van der Waals surface area (Å²) in [5.41, 5.74) is 2.52. The number of thiophene rings is 1. The first-order valence-corrected chi connectivity index (χ1v) is 12.0. The van der Waals surface area contributed by atoms with Crippen LogP contribution in [0.15, 0.2) is 32.7 Å². The van der Waals surface area contributed by atoms with E-state index in [1.165, 1.54) is 78.4 Å². The summed E-state index contributed by atoms with van der Waals surface area (Å²) in [5, 5.41) is 0. The van der Waals surface area contributed by atoms with E-state index >= 15 is 0 Å². The Morgan fingerprint density at radius 2 is 1.52 bits per heavy atom. The van der Waals surface area contributed by atoms with Gasteiger partial charge in [-0.25, -0.2) is 0 Å². The lowest BCUT2D eigenvalue weighted by Gasteiger charge is -2.05. The van der Waals surface area contributed by atoms with Crippen LogP contribution in [0.5, 0.6) is 0 Å². The topological polar surface area (TPSA) is 12.9 Å². The molecule has 0 atom stereocenters. The molecule has 0 unspecified atom stereocenters. The molecule has 0 aliphatic carbocycles. The molecule has 2 aromatic rings. The van der Waals surface area contributed by atoms with Crippen molar-refractivity contribution in [2.75, 3.05) is 0 Å². The largest absolute Gasteiger partial charge is 0.254 e. The van der Waals surface area contributed by atoms with Crippen molar-refractivity contribution in [3.8, 4) is 10.6 Å². The Balaban J connectivity index is 1.68. The fourth-order valence-corrected chi connectivity index (χ4v) is 5.02. The van der Waals surface area contributed by atoms with E-state index in [0.29, 0.717) is 0 Å². The minimum absolute atomic E-state index is 1.03. The van der Waals surface area contributed by atoms with Gasteiger partial charge >= 0.3 is 0 Å². The van der Waals surface area contributed by atoms with Crippen molar-refractivity contribution < 1.29 is 0 Å². The second kappa shape index (κ2) is 12.2. The molecule has 0 fully saturated rings. The third-order valence-corrected chi connectivity index (χ3v) is 6.71. The van der Waals surface area contributed by atoms with Gasteiger partial charge in [0.2, 0.25) is 0 Å². The SMILES string of the molecule is CCCCCCCCCCCCc1cc(Br)sc1-c1ccc(Br)cn1. The molecular weight excluding hydrogens is 458 g/mol. The third-order valence-electron chi connectivity index (χ3n) is 4.54. The predicted molar refractivity (Wildman–Crippen MR) is 118 cm³/mol. The Morgan fingerprint density at radius 1 is 0.880 bits per heavy atom. The van der Waals surface area contributed by atoms with Crippen molar-refractivity contribution in [3.63, 3.8) is 0 Å². The number of unbranched alkanes of at least 4 members (excludes halogenated alkanes) is 9. The standard InChI is InChI=1S/C21H29Br2NS/c1-2-3-4-5-6-7-8-9-10-11-12-17-15-20(23)25-21(17)19-14-13-18(22)16-24-19/h13-16H,2-12H2,1H3. The fraction of sp³-hybridized carbons (Fsp3) is 0.571. The fourth-order valence-electron chi connectivity index (χ4n) is 3.11. The minimum Gasteiger partial charge on any atom is -0.254 e. The average Bonchev–Trinajstić information content (AvgIpc) is 2.98. The van der Waals surface area contributed by atoms with E-state index < -0.39 is 0 Å². The molecule has 0 aliphatic rings. The molecule has 0 aliphatic heterocycles. The third kappa shape index (κ3) is 7.92. The molecule has 4 heteroatoms. The van der Waals surface area contributed by atoms with E-state index in [4.69, 9.17) is 0 Å². The molecule has 0 radical (unpaired) electrons. The van der Waals surface area contributed by atoms with Crippen molar-refractivity contribution in [2.24, 2.45) is 0 Å². The summed E-state index contributed by atoms with van der Waals surface area (Å²) in [7, 11) is 0. The molecule has 2 rings (SSSR count). The number of halogens is 2. The van der Waals surface area contributed by atoms with E-state index in [0.717, 1.165) is 16.6 Å². The van der Waals surface area contributed by atoms with Crippen LogP contribution in [0.25, 0.3) is 10.6 Å². The molecule has 2 heterocycles. The molecule has 2 aromatic heterocycles. The van der Waals surface area contributed by atoms with Crippen LogP contribution in [0, 0.1) is 0 Å². The summed E-state index contributed by atoms with van der Waals surface area (Å²) in [6.45, 7) is 2.28. The van der Waals surface area contributed by atoms with E-state index in [9.17, 15) is 0 Å². The van der Waals surface area contributed by atoms with Crippen LogP contribution in [-0.4, -0.2) is 4.98 Å². The van der Waals surface area contributed by atoms with Gasteiger partial charge in [-0.1, -0.05) is 64.7 Å². The van der Waals surface area contributed by atoms with Gasteiger partial charge in [0.1, 0.15) is 0 Å². The van der Waals surface area contributed by atoms with Crippen LogP contribution >= 0.6 is 43.2 Å². The van der Waals surface area contributed by atoms with Crippen molar-refractivity contribution in [2.45, 2.75) is 77.6 Å². The number of rotatable bonds is 12. The molecule has 0 saturated heterocycles. The molecule has 25 heavy (non-hydrogen) atoms. The maximum Gasteiger partial charge on any atom is 0.0805 e. The lowest BCUT2D eigenvalue weighted by molar-refractivity contribution is 0.556. The van der Waals surface area contributed by atoms with Crippen LogP contribution < -0.4 is 0 Å². The summed E-state index contributed by atoms with van der Waals surface area (Å²) in [6.07, 6.45) is 16.9. The lowest BCUT2D eigenvalue weighted by Crippen LogP contribution is -1.89. The number of aryl methyl sites for hydroxylation is 1. The number of hydrogen-bond donors (Lipinski definition) is 0. The number of pyridine rings is 1. The number of nitrogens with zero attached hydrogens (tertiary/aromatic N) is 1. The van der Waals surface area contributed by atoms with E-state index in [2.05, 4.69) is 62.0 Å². The Hall–Kier alpha value is -0.190. The Kier molecular flexibility index (Phi) is 10.3. The van der Waals surface area contributed by atoms with Crippen molar-refractivity contribution >= 4 is 43.2 Å². The summed E-state index contributed by atoms with van der Waals surface area (Å²) < 4.78 is 2.23. The van der Waals surface area contributed by atoms with E-state index in [1.807, 2.05) is 6.20 Å². The molecule has 0 aromatic carbocycles. The van der Waals surface area contributed by atoms with Crippen molar-refractivity contribution in [3.05, 3.63) is 38.2 Å². The van der Waals surface area contributed by atoms with Crippen LogP contribution in [0.1, 0.15) is 76.7 Å². The average molecular weight is 487 g/mol. The van der Waals surface area contributed by atoms with Gasteiger partial charge < -0.3 is 0 Å². The Labute approximate surface area is 173 Å². The Morgan fingerprint density at radius 3 is 2.12 bits per heavy atom. The summed E-state index contributed by atoms with van der Waals surface area (Å²) in [5.74, 6) is 0. The van der Waals surface area contributed by atoms with Crippen LogP contribution in [0.3, 0.4) is 0 Å². The highest BCUT2D eigenvalue weighted by molar-refractivity contribution is 9.11. The maximum absolute atomic E-state index is 4.56. The quantitative estimate of drug-likeness (QED) is 0.273. The highest BCUT2D eigenvalue weighted by Gasteiger charge is 2.11. The zero-order chi connectivity index (χ0) is 17.9. The monoisotopic (exact) mass is 485 g/mol. The first-order chi connectivity index (χ1) is 12.2. The molecular formula is C21H29Br2NS. The van der Waals surface area contributed by atoms with Gasteiger partial charge in [-0.2, -0.15) is 0 Å².